The van der Waals surface area contributed by atoms with E-state index in [-0.39, 0.29) is 5.91 Å². The molecule has 0 atom stereocenters. The number of anilines is 1. The van der Waals surface area contributed by atoms with E-state index < -0.39 is 0 Å². The average Bonchev–Trinajstić information content (AvgIpc) is 3.03. The number of carbonyl (C=O) groups is 1. The van der Waals surface area contributed by atoms with E-state index in [0.717, 1.165) is 17.8 Å². The van der Waals surface area contributed by atoms with E-state index in [9.17, 15) is 4.79 Å². The highest BCUT2D eigenvalue weighted by molar-refractivity contribution is 6.04. The standard InChI is InChI=1S/C19H22N2O/c1-15-6-2-3-7-18(15)20-19(22)17-10-8-16(9-11-17)14-21-12-4-5-13-21/h2-3,6-11H,4-5,12-14H2,1H3,(H,20,22). The number of carbonyl (C=O) groups excluding carboxylic acids is 1. The lowest BCUT2D eigenvalue weighted by molar-refractivity contribution is 0.102. The van der Waals surface area contributed by atoms with E-state index in [2.05, 4.69) is 22.3 Å². The highest BCUT2D eigenvalue weighted by atomic mass is 16.1. The second-order valence-electron chi connectivity index (χ2n) is 5.95. The largest absolute Gasteiger partial charge is 0.322 e. The van der Waals surface area contributed by atoms with E-state index in [1.54, 1.807) is 0 Å². The first-order valence-electron chi connectivity index (χ1n) is 7.91. The van der Waals surface area contributed by atoms with Crippen LogP contribution in [0.2, 0.25) is 0 Å². The minimum atomic E-state index is -0.0537. The Bertz CT molecular complexity index is 643. The van der Waals surface area contributed by atoms with Gasteiger partial charge in [0.2, 0.25) is 0 Å². The van der Waals surface area contributed by atoms with Crippen LogP contribution in [-0.4, -0.2) is 23.9 Å². The lowest BCUT2D eigenvalue weighted by Gasteiger charge is -2.14. The maximum atomic E-state index is 12.3. The fraction of sp³-hybridized carbons (Fsp3) is 0.316. The van der Waals surface area contributed by atoms with Crippen molar-refractivity contribution in [3.63, 3.8) is 0 Å². The van der Waals surface area contributed by atoms with Crippen molar-refractivity contribution in [2.45, 2.75) is 26.3 Å². The van der Waals surface area contributed by atoms with Gasteiger partial charge >= 0.3 is 0 Å². The zero-order valence-corrected chi connectivity index (χ0v) is 13.0. The zero-order valence-electron chi connectivity index (χ0n) is 13.0. The number of hydrogen-bond donors (Lipinski definition) is 1. The van der Waals surface area contributed by atoms with Gasteiger partial charge in [-0.05, 0) is 62.2 Å². The van der Waals surface area contributed by atoms with Gasteiger partial charge in [0.05, 0.1) is 0 Å². The van der Waals surface area contributed by atoms with E-state index in [1.165, 1.54) is 31.5 Å². The van der Waals surface area contributed by atoms with Crippen molar-refractivity contribution in [1.29, 1.82) is 0 Å². The third-order valence-electron chi connectivity index (χ3n) is 4.21. The predicted molar refractivity (Wildman–Crippen MR) is 90.1 cm³/mol. The van der Waals surface area contributed by atoms with Crippen molar-refractivity contribution in [2.24, 2.45) is 0 Å². The molecule has 0 bridgehead atoms. The summed E-state index contributed by atoms with van der Waals surface area (Å²) in [6.45, 7) is 5.36. The van der Waals surface area contributed by atoms with Crippen LogP contribution in [0.15, 0.2) is 48.5 Å². The van der Waals surface area contributed by atoms with Crippen LogP contribution in [0, 0.1) is 6.92 Å². The smallest absolute Gasteiger partial charge is 0.255 e. The van der Waals surface area contributed by atoms with E-state index in [0.29, 0.717) is 5.56 Å². The quantitative estimate of drug-likeness (QED) is 0.929. The molecule has 0 radical (unpaired) electrons. The van der Waals surface area contributed by atoms with Gasteiger partial charge in [-0.3, -0.25) is 9.69 Å². The molecule has 0 aromatic heterocycles. The topological polar surface area (TPSA) is 32.3 Å². The van der Waals surface area contributed by atoms with Gasteiger partial charge in [0.25, 0.3) is 5.91 Å². The number of benzene rings is 2. The van der Waals surface area contributed by atoms with Crippen LogP contribution in [0.3, 0.4) is 0 Å². The minimum absolute atomic E-state index is 0.0537. The highest BCUT2D eigenvalue weighted by Crippen LogP contribution is 2.16. The molecular weight excluding hydrogens is 272 g/mol. The van der Waals surface area contributed by atoms with Gasteiger partial charge in [0, 0.05) is 17.8 Å². The Morgan fingerprint density at radius 2 is 1.73 bits per heavy atom. The van der Waals surface area contributed by atoms with Crippen LogP contribution in [0.25, 0.3) is 0 Å². The summed E-state index contributed by atoms with van der Waals surface area (Å²) in [7, 11) is 0. The number of para-hydroxylation sites is 1. The first-order valence-corrected chi connectivity index (χ1v) is 7.91. The summed E-state index contributed by atoms with van der Waals surface area (Å²) in [6.07, 6.45) is 2.60. The maximum Gasteiger partial charge on any atom is 0.255 e. The molecule has 0 unspecified atom stereocenters. The molecule has 22 heavy (non-hydrogen) atoms. The summed E-state index contributed by atoms with van der Waals surface area (Å²) in [5.74, 6) is -0.0537. The summed E-state index contributed by atoms with van der Waals surface area (Å²) < 4.78 is 0. The van der Waals surface area contributed by atoms with Gasteiger partial charge in [0.1, 0.15) is 0 Å². The van der Waals surface area contributed by atoms with E-state index in [1.807, 2.05) is 43.3 Å². The second-order valence-corrected chi connectivity index (χ2v) is 5.95. The number of rotatable bonds is 4. The summed E-state index contributed by atoms with van der Waals surface area (Å²) in [4.78, 5) is 14.8. The molecule has 114 valence electrons. The molecule has 1 aliphatic rings. The number of aryl methyl sites for hydroxylation is 1. The van der Waals surface area contributed by atoms with Gasteiger partial charge in [-0.15, -0.1) is 0 Å². The maximum absolute atomic E-state index is 12.3. The van der Waals surface area contributed by atoms with Gasteiger partial charge in [-0.1, -0.05) is 30.3 Å². The molecule has 0 saturated carbocycles. The Labute approximate surface area is 132 Å². The van der Waals surface area contributed by atoms with Crippen LogP contribution < -0.4 is 5.32 Å². The Balaban J connectivity index is 1.64. The molecule has 0 aliphatic carbocycles. The third-order valence-corrected chi connectivity index (χ3v) is 4.21. The highest BCUT2D eigenvalue weighted by Gasteiger charge is 2.12. The molecule has 1 heterocycles. The molecule has 0 spiro atoms. The van der Waals surface area contributed by atoms with Crippen LogP contribution in [-0.2, 0) is 6.54 Å². The number of nitrogens with zero attached hydrogens (tertiary/aromatic N) is 1. The van der Waals surface area contributed by atoms with Crippen molar-refractivity contribution in [3.8, 4) is 0 Å². The van der Waals surface area contributed by atoms with Crippen molar-refractivity contribution in [1.82, 2.24) is 4.90 Å². The Morgan fingerprint density at radius 3 is 2.41 bits per heavy atom. The monoisotopic (exact) mass is 294 g/mol. The average molecular weight is 294 g/mol. The third kappa shape index (κ3) is 3.55. The van der Waals surface area contributed by atoms with Crippen LogP contribution in [0.4, 0.5) is 5.69 Å². The van der Waals surface area contributed by atoms with Crippen molar-refractivity contribution in [2.75, 3.05) is 18.4 Å². The second kappa shape index (κ2) is 6.75. The molecule has 1 amide bonds. The lowest BCUT2D eigenvalue weighted by atomic mass is 10.1. The van der Waals surface area contributed by atoms with Gasteiger partial charge in [0.15, 0.2) is 0 Å². The molecule has 1 aliphatic heterocycles. The first-order chi connectivity index (χ1) is 10.7. The molecule has 2 aromatic carbocycles. The van der Waals surface area contributed by atoms with Crippen LogP contribution in [0.1, 0.15) is 34.3 Å². The van der Waals surface area contributed by atoms with Crippen LogP contribution in [0.5, 0.6) is 0 Å². The predicted octanol–water partition coefficient (Wildman–Crippen LogP) is 3.84. The fourth-order valence-corrected chi connectivity index (χ4v) is 2.87. The number of amides is 1. The van der Waals surface area contributed by atoms with Gasteiger partial charge < -0.3 is 5.32 Å². The Hall–Kier alpha value is -2.13. The lowest BCUT2D eigenvalue weighted by Crippen LogP contribution is -2.18. The van der Waals surface area contributed by atoms with Crippen molar-refractivity contribution in [3.05, 3.63) is 65.2 Å². The Kier molecular flexibility index (Phi) is 4.54. The van der Waals surface area contributed by atoms with Gasteiger partial charge in [-0.2, -0.15) is 0 Å². The Morgan fingerprint density at radius 1 is 1.05 bits per heavy atom. The molecule has 1 saturated heterocycles. The molecule has 3 rings (SSSR count). The molecule has 3 nitrogen and oxygen atoms in total. The summed E-state index contributed by atoms with van der Waals surface area (Å²) in [6, 6.07) is 15.8. The number of hydrogen-bond acceptors (Lipinski definition) is 2. The summed E-state index contributed by atoms with van der Waals surface area (Å²) in [5.41, 5.74) is 3.91. The number of likely N-dealkylation sites (tertiary alicyclic amines) is 1. The fourth-order valence-electron chi connectivity index (χ4n) is 2.87. The molecule has 1 N–H and O–H groups in total. The molecule has 3 heteroatoms. The summed E-state index contributed by atoms with van der Waals surface area (Å²) >= 11 is 0. The van der Waals surface area contributed by atoms with E-state index in [4.69, 9.17) is 0 Å². The van der Waals surface area contributed by atoms with Crippen molar-refractivity contribution < 1.29 is 4.79 Å². The number of nitrogens with one attached hydrogen (secondary N) is 1. The first kappa shape index (κ1) is 14.8. The van der Waals surface area contributed by atoms with Crippen LogP contribution >= 0.6 is 0 Å². The SMILES string of the molecule is Cc1ccccc1NC(=O)c1ccc(CN2CCCC2)cc1. The van der Waals surface area contributed by atoms with Crippen molar-refractivity contribution >= 4 is 11.6 Å². The summed E-state index contributed by atoms with van der Waals surface area (Å²) in [5, 5.41) is 2.97. The van der Waals surface area contributed by atoms with Gasteiger partial charge in [-0.25, -0.2) is 0 Å². The molecular formula is C19H22N2O. The molecule has 1 fully saturated rings. The normalized spacial score (nSPS) is 15.0. The zero-order chi connectivity index (χ0) is 15.4. The molecule has 2 aromatic rings. The minimum Gasteiger partial charge on any atom is -0.322 e. The van der Waals surface area contributed by atoms with E-state index >= 15 is 0 Å².